The van der Waals surface area contributed by atoms with E-state index in [9.17, 15) is 24.6 Å². The summed E-state index contributed by atoms with van der Waals surface area (Å²) >= 11 is 0. The van der Waals surface area contributed by atoms with Crippen molar-refractivity contribution in [3.8, 4) is 11.5 Å². The van der Waals surface area contributed by atoms with E-state index >= 15 is 0 Å². The van der Waals surface area contributed by atoms with E-state index in [2.05, 4.69) is 25.8 Å². The molecule has 0 aliphatic carbocycles. The third-order valence-electron chi connectivity index (χ3n) is 11.4. The monoisotopic (exact) mass is 766 g/mol. The zero-order chi connectivity index (χ0) is 38.9. The maximum atomic E-state index is 13.3. The number of nitrogens with one attached hydrogen (secondary N) is 4. The number of ether oxygens (including phenoxy) is 2. The number of carbonyl (C=O) groups excluding carboxylic acids is 2. The Balaban J connectivity index is 0.753. The second-order valence-corrected chi connectivity index (χ2v) is 15.4. The van der Waals surface area contributed by atoms with Gasteiger partial charge < -0.3 is 45.5 Å². The van der Waals surface area contributed by atoms with Crippen molar-refractivity contribution in [2.24, 2.45) is 11.8 Å². The number of benzene rings is 3. The first kappa shape index (κ1) is 39.3. The van der Waals surface area contributed by atoms with Gasteiger partial charge in [-0.05, 0) is 123 Å². The van der Waals surface area contributed by atoms with Gasteiger partial charge in [0, 0.05) is 56.3 Å². The molecule has 4 saturated heterocycles. The van der Waals surface area contributed by atoms with Crippen molar-refractivity contribution in [1.29, 1.82) is 0 Å². The first-order valence-corrected chi connectivity index (χ1v) is 20.0. The summed E-state index contributed by atoms with van der Waals surface area (Å²) in [7, 11) is 0. The van der Waals surface area contributed by atoms with E-state index in [1.54, 1.807) is 12.1 Å². The lowest BCUT2D eigenvalue weighted by atomic mass is 9.86. The number of aliphatic hydroxyl groups excluding tert-OH is 1. The number of aromatic amines is 1. The molecule has 4 aliphatic heterocycles. The van der Waals surface area contributed by atoms with Gasteiger partial charge in [0.05, 0.1) is 18.2 Å². The zero-order valence-electron chi connectivity index (χ0n) is 31.9. The highest BCUT2D eigenvalue weighted by Crippen LogP contribution is 2.30. The minimum Gasteiger partial charge on any atom is -0.506 e. The molecule has 298 valence electrons. The van der Waals surface area contributed by atoms with Crippen LogP contribution in [0, 0.1) is 11.8 Å². The number of phenols is 1. The van der Waals surface area contributed by atoms with Crippen LogP contribution in [0.15, 0.2) is 77.6 Å². The van der Waals surface area contributed by atoms with Gasteiger partial charge in [0.1, 0.15) is 17.6 Å². The fourth-order valence-corrected chi connectivity index (χ4v) is 8.08. The number of phenolic OH excluding ortho intramolecular Hbond substituents is 1. The fourth-order valence-electron chi connectivity index (χ4n) is 8.08. The summed E-state index contributed by atoms with van der Waals surface area (Å²) < 4.78 is 11.9. The van der Waals surface area contributed by atoms with Gasteiger partial charge in [0.2, 0.25) is 5.56 Å². The first-order chi connectivity index (χ1) is 27.3. The molecule has 1 aromatic heterocycles. The molecule has 0 spiro atoms. The van der Waals surface area contributed by atoms with Crippen LogP contribution in [0.3, 0.4) is 0 Å². The van der Waals surface area contributed by atoms with E-state index in [0.29, 0.717) is 79.7 Å². The number of aromatic nitrogens is 1. The smallest absolute Gasteiger partial charge is 0.407 e. The average Bonchev–Trinajstić information content (AvgIpc) is 3.23. The zero-order valence-corrected chi connectivity index (χ0v) is 31.9. The van der Waals surface area contributed by atoms with Crippen LogP contribution in [0.2, 0.25) is 0 Å². The maximum absolute atomic E-state index is 13.3. The lowest BCUT2D eigenvalue weighted by Crippen LogP contribution is -2.52. The number of fused-ring (bicyclic) bond motifs is 4. The molecule has 2 atom stereocenters. The van der Waals surface area contributed by atoms with Crippen molar-refractivity contribution in [3.63, 3.8) is 0 Å². The fraction of sp³-hybridized carbons (Fsp3) is 0.465. The molecule has 2 amide bonds. The number of hydrogen-bond acceptors (Lipinski definition) is 10. The quantitative estimate of drug-likeness (QED) is 0.0906. The molecular formula is C43H54N6O7. The number of aliphatic hydroxyl groups is 1. The summed E-state index contributed by atoms with van der Waals surface area (Å²) in [5.41, 5.74) is 3.40. The highest BCUT2D eigenvalue weighted by Gasteiger charge is 2.36. The Morgan fingerprint density at radius 2 is 1.66 bits per heavy atom. The van der Waals surface area contributed by atoms with Crippen LogP contribution in [0.5, 0.6) is 11.5 Å². The second-order valence-electron chi connectivity index (χ2n) is 15.4. The molecule has 2 unspecified atom stereocenters. The molecule has 4 aromatic rings. The van der Waals surface area contributed by atoms with Gasteiger partial charge in [-0.1, -0.05) is 30.3 Å². The molecule has 13 heteroatoms. The van der Waals surface area contributed by atoms with Gasteiger partial charge in [-0.3, -0.25) is 14.5 Å². The van der Waals surface area contributed by atoms with Crippen molar-refractivity contribution in [2.45, 2.75) is 57.4 Å². The summed E-state index contributed by atoms with van der Waals surface area (Å²) in [6.07, 6.45) is 3.66. The largest absolute Gasteiger partial charge is 0.506 e. The first-order valence-electron chi connectivity index (χ1n) is 20.0. The van der Waals surface area contributed by atoms with Gasteiger partial charge >= 0.3 is 6.09 Å². The van der Waals surface area contributed by atoms with Crippen molar-refractivity contribution >= 4 is 22.9 Å². The summed E-state index contributed by atoms with van der Waals surface area (Å²) in [6, 6.07) is 21.8. The molecule has 3 aromatic carbocycles. The van der Waals surface area contributed by atoms with Crippen molar-refractivity contribution in [1.82, 2.24) is 30.7 Å². The van der Waals surface area contributed by atoms with Crippen LogP contribution >= 0.6 is 0 Å². The number of H-pyrrole nitrogens is 1. The Morgan fingerprint density at radius 3 is 2.43 bits per heavy atom. The summed E-state index contributed by atoms with van der Waals surface area (Å²) in [6.45, 7) is 7.93. The summed E-state index contributed by atoms with van der Waals surface area (Å²) in [5.74, 6) is 1.64. The number of hydrogen-bond donors (Lipinski definition) is 6. The lowest BCUT2D eigenvalue weighted by molar-refractivity contribution is -0.0332. The molecule has 2 bridgehead atoms. The van der Waals surface area contributed by atoms with Crippen LogP contribution in [0.1, 0.15) is 65.3 Å². The Kier molecular flexibility index (Phi) is 13.2. The van der Waals surface area contributed by atoms with E-state index in [1.807, 2.05) is 53.4 Å². The van der Waals surface area contributed by atoms with Crippen molar-refractivity contribution in [3.05, 3.63) is 105 Å². The van der Waals surface area contributed by atoms with Crippen LogP contribution < -0.4 is 26.2 Å². The van der Waals surface area contributed by atoms with Crippen LogP contribution in [-0.2, 0) is 17.8 Å². The van der Waals surface area contributed by atoms with Gasteiger partial charge in [0.15, 0.2) is 0 Å². The molecule has 0 saturated carbocycles. The van der Waals surface area contributed by atoms with Crippen LogP contribution in [0.25, 0.3) is 10.9 Å². The number of aromatic hydroxyl groups is 1. The van der Waals surface area contributed by atoms with Gasteiger partial charge in [-0.15, -0.1) is 0 Å². The highest BCUT2D eigenvalue weighted by atomic mass is 16.6. The standard InChI is InChI=1S/C43H54N6O7/c50-37-11-9-35(36-10-12-40(52)47-41(36)37)38(51)26-45-18-2-17-44-24-29-5-7-33(8-6-29)42(53)49-21-13-30(14-22-49)28-55-34-4-1-3-31(23-34)25-46-43(54)56-39-27-48-19-15-32(39)16-20-48/h1,3-12,23,30,32,38-39,44-45,50-51H,2,13-22,24-28H2,(H,46,54)(H,47,52). The second kappa shape index (κ2) is 18.8. The number of alkyl carbamates (subject to hydrolysis) is 1. The third-order valence-corrected chi connectivity index (χ3v) is 11.4. The Hall–Kier alpha value is -4.95. The SMILES string of the molecule is O=C(NCc1cccc(OCC2CCN(C(=O)c3ccc(CNCCCNCC(O)c4ccc(O)c5[nH]c(=O)ccc45)cc3)CC2)c1)OC1CN2CCC1CC2. The number of nitrogens with zero attached hydrogens (tertiary/aromatic N) is 2. The predicted molar refractivity (Wildman–Crippen MR) is 214 cm³/mol. The molecule has 4 aliphatic rings. The number of amides is 2. The molecule has 6 N–H and O–H groups in total. The molecule has 5 heterocycles. The minimum atomic E-state index is -0.790. The third kappa shape index (κ3) is 10.3. The molecule has 13 nitrogen and oxygen atoms in total. The van der Waals surface area contributed by atoms with Crippen molar-refractivity contribution in [2.75, 3.05) is 59.0 Å². The van der Waals surface area contributed by atoms with E-state index in [4.69, 9.17) is 9.47 Å². The number of rotatable bonds is 16. The topological polar surface area (TPSA) is 168 Å². The highest BCUT2D eigenvalue weighted by molar-refractivity contribution is 5.94. The van der Waals surface area contributed by atoms with Crippen molar-refractivity contribution < 1.29 is 29.3 Å². The lowest BCUT2D eigenvalue weighted by Gasteiger charge is -2.43. The van der Waals surface area contributed by atoms with E-state index in [0.717, 1.165) is 75.2 Å². The Bertz CT molecular complexity index is 1990. The number of carbonyl (C=O) groups is 2. The maximum Gasteiger partial charge on any atom is 0.407 e. The van der Waals surface area contributed by atoms with Crippen LogP contribution in [0.4, 0.5) is 4.79 Å². The van der Waals surface area contributed by atoms with E-state index < -0.39 is 6.10 Å². The summed E-state index contributed by atoms with van der Waals surface area (Å²) in [4.78, 5) is 44.3. The minimum absolute atomic E-state index is 0.0116. The van der Waals surface area contributed by atoms with E-state index in [-0.39, 0.29) is 29.4 Å². The van der Waals surface area contributed by atoms with Crippen LogP contribution in [-0.4, -0.2) is 102 Å². The van der Waals surface area contributed by atoms with Gasteiger partial charge in [0.25, 0.3) is 5.91 Å². The Labute approximate surface area is 327 Å². The molecule has 8 rings (SSSR count). The molecule has 0 radical (unpaired) electrons. The van der Waals surface area contributed by atoms with Gasteiger partial charge in [-0.2, -0.15) is 0 Å². The normalized spacial score (nSPS) is 20.2. The molecule has 4 fully saturated rings. The van der Waals surface area contributed by atoms with Gasteiger partial charge in [-0.25, -0.2) is 4.79 Å². The number of likely N-dealkylation sites (tertiary alicyclic amines) is 1. The molecule has 56 heavy (non-hydrogen) atoms. The summed E-state index contributed by atoms with van der Waals surface area (Å²) in [5, 5.41) is 31.0. The average molecular weight is 767 g/mol. The van der Waals surface area contributed by atoms with E-state index in [1.165, 1.54) is 12.1 Å². The number of pyridine rings is 1. The number of piperidine rings is 4. The Morgan fingerprint density at radius 1 is 0.875 bits per heavy atom. The molecular weight excluding hydrogens is 713 g/mol. The predicted octanol–water partition coefficient (Wildman–Crippen LogP) is 4.29.